The van der Waals surface area contributed by atoms with E-state index in [4.69, 9.17) is 4.74 Å². The van der Waals surface area contributed by atoms with Gasteiger partial charge in [-0.15, -0.1) is 0 Å². The summed E-state index contributed by atoms with van der Waals surface area (Å²) in [7, 11) is 1.65. The Kier molecular flexibility index (Phi) is 3.83. The number of ether oxygens (including phenoxy) is 1. The molecule has 2 aromatic carbocycles. The van der Waals surface area contributed by atoms with Gasteiger partial charge in [0.25, 0.3) is 5.91 Å². The van der Waals surface area contributed by atoms with Gasteiger partial charge in [0.1, 0.15) is 5.75 Å². The van der Waals surface area contributed by atoms with E-state index in [9.17, 15) is 4.79 Å². The van der Waals surface area contributed by atoms with Gasteiger partial charge in [0.15, 0.2) is 0 Å². The van der Waals surface area contributed by atoms with Crippen molar-refractivity contribution in [2.75, 3.05) is 7.11 Å². The van der Waals surface area contributed by atoms with Crippen molar-refractivity contribution in [2.45, 2.75) is 13.1 Å². The second-order valence-corrected chi connectivity index (χ2v) is 6.84. The Balaban J connectivity index is 1.43. The summed E-state index contributed by atoms with van der Waals surface area (Å²) in [6, 6.07) is 15.6. The van der Waals surface area contributed by atoms with Crippen LogP contribution in [0.15, 0.2) is 67.1 Å². The van der Waals surface area contributed by atoms with E-state index in [1.54, 1.807) is 25.7 Å². The summed E-state index contributed by atoms with van der Waals surface area (Å²) in [5.74, 6) is 0.873. The molecule has 0 radical (unpaired) electrons. The molecular formula is C22H18N4O2. The molecule has 28 heavy (non-hydrogen) atoms. The zero-order chi connectivity index (χ0) is 19.1. The maximum atomic E-state index is 12.8. The van der Waals surface area contributed by atoms with E-state index in [2.05, 4.69) is 10.1 Å². The summed E-state index contributed by atoms with van der Waals surface area (Å²) in [5.41, 5.74) is 4.80. The van der Waals surface area contributed by atoms with Crippen LogP contribution in [0.25, 0.3) is 16.6 Å². The molecule has 1 amide bonds. The minimum atomic E-state index is 0.0619. The first kappa shape index (κ1) is 16.5. The maximum absolute atomic E-state index is 12.8. The molecule has 1 aliphatic heterocycles. The summed E-state index contributed by atoms with van der Waals surface area (Å²) in [6.07, 6.45) is 5.36. The van der Waals surface area contributed by atoms with Crippen molar-refractivity contribution in [3.05, 3.63) is 83.8 Å². The maximum Gasteiger partial charge on any atom is 0.254 e. The van der Waals surface area contributed by atoms with Crippen molar-refractivity contribution in [3.8, 4) is 11.4 Å². The van der Waals surface area contributed by atoms with Crippen LogP contribution in [0.1, 0.15) is 21.5 Å². The first-order valence-electron chi connectivity index (χ1n) is 9.06. The first-order chi connectivity index (χ1) is 13.7. The summed E-state index contributed by atoms with van der Waals surface area (Å²) in [4.78, 5) is 18.8. The Morgan fingerprint density at radius 3 is 2.75 bits per heavy atom. The molecule has 0 N–H and O–H groups in total. The third kappa shape index (κ3) is 2.70. The van der Waals surface area contributed by atoms with Gasteiger partial charge in [-0.25, -0.2) is 4.68 Å². The highest BCUT2D eigenvalue weighted by Gasteiger charge is 2.27. The minimum absolute atomic E-state index is 0.0619. The number of methoxy groups -OCH3 is 1. The molecule has 0 unspecified atom stereocenters. The number of fused-ring (bicyclic) bond motifs is 2. The van der Waals surface area contributed by atoms with Crippen LogP contribution in [0, 0.1) is 0 Å². The van der Waals surface area contributed by atoms with Gasteiger partial charge in [0, 0.05) is 36.4 Å². The fraction of sp³-hybridized carbons (Fsp3) is 0.136. The van der Waals surface area contributed by atoms with E-state index in [0.717, 1.165) is 39.0 Å². The highest BCUT2D eigenvalue weighted by molar-refractivity contribution is 5.98. The topological polar surface area (TPSA) is 60.2 Å². The highest BCUT2D eigenvalue weighted by atomic mass is 16.5. The van der Waals surface area contributed by atoms with Crippen LogP contribution >= 0.6 is 0 Å². The number of carbonyl (C=O) groups is 1. The van der Waals surface area contributed by atoms with E-state index in [0.29, 0.717) is 13.1 Å². The van der Waals surface area contributed by atoms with Crippen molar-refractivity contribution >= 4 is 16.8 Å². The van der Waals surface area contributed by atoms with E-state index in [1.807, 2.05) is 58.1 Å². The normalized spacial score (nSPS) is 13.2. The molecule has 2 aromatic heterocycles. The molecule has 5 rings (SSSR count). The SMILES string of the molecule is COc1ccc(CN2Cc3cc(-n4ncc5cnccc54)ccc3C2=O)cc1. The van der Waals surface area contributed by atoms with E-state index < -0.39 is 0 Å². The average Bonchev–Trinajstić information content (AvgIpc) is 3.30. The second kappa shape index (κ2) is 6.49. The molecule has 0 aliphatic carbocycles. The van der Waals surface area contributed by atoms with Crippen molar-refractivity contribution in [2.24, 2.45) is 0 Å². The summed E-state index contributed by atoms with van der Waals surface area (Å²) in [6.45, 7) is 1.16. The number of rotatable bonds is 4. The summed E-state index contributed by atoms with van der Waals surface area (Å²) < 4.78 is 7.08. The quantitative estimate of drug-likeness (QED) is 0.551. The summed E-state index contributed by atoms with van der Waals surface area (Å²) >= 11 is 0. The van der Waals surface area contributed by atoms with Gasteiger partial charge < -0.3 is 9.64 Å². The number of pyridine rings is 1. The molecule has 3 heterocycles. The lowest BCUT2D eigenvalue weighted by atomic mass is 10.1. The van der Waals surface area contributed by atoms with Crippen LogP contribution in [0.4, 0.5) is 0 Å². The largest absolute Gasteiger partial charge is 0.497 e. The van der Waals surface area contributed by atoms with E-state index >= 15 is 0 Å². The molecule has 0 bridgehead atoms. The molecule has 0 fully saturated rings. The highest BCUT2D eigenvalue weighted by Crippen LogP contribution is 2.28. The van der Waals surface area contributed by atoms with Gasteiger partial charge >= 0.3 is 0 Å². The lowest BCUT2D eigenvalue weighted by Gasteiger charge is -2.15. The van der Waals surface area contributed by atoms with Crippen LogP contribution in [0.2, 0.25) is 0 Å². The number of hydrogen-bond acceptors (Lipinski definition) is 4. The fourth-order valence-electron chi connectivity index (χ4n) is 3.66. The van der Waals surface area contributed by atoms with E-state index in [1.165, 1.54) is 0 Å². The molecule has 0 saturated heterocycles. The Morgan fingerprint density at radius 2 is 1.93 bits per heavy atom. The zero-order valence-corrected chi connectivity index (χ0v) is 15.4. The average molecular weight is 370 g/mol. The number of nitrogens with zero attached hydrogens (tertiary/aromatic N) is 4. The molecule has 1 aliphatic rings. The molecule has 6 heteroatoms. The van der Waals surface area contributed by atoms with Crippen molar-refractivity contribution in [1.82, 2.24) is 19.7 Å². The lowest BCUT2D eigenvalue weighted by Crippen LogP contribution is -2.23. The molecule has 0 atom stereocenters. The molecule has 6 nitrogen and oxygen atoms in total. The van der Waals surface area contributed by atoms with Gasteiger partial charge in [-0.2, -0.15) is 5.10 Å². The van der Waals surface area contributed by atoms with Crippen LogP contribution in [-0.4, -0.2) is 32.7 Å². The smallest absolute Gasteiger partial charge is 0.254 e. The van der Waals surface area contributed by atoms with Crippen molar-refractivity contribution < 1.29 is 9.53 Å². The Morgan fingerprint density at radius 1 is 1.07 bits per heavy atom. The Labute approximate surface area is 162 Å². The third-order valence-corrected chi connectivity index (χ3v) is 5.11. The first-order valence-corrected chi connectivity index (χ1v) is 9.06. The van der Waals surface area contributed by atoms with Gasteiger partial charge in [-0.05, 0) is 47.5 Å². The number of hydrogen-bond donors (Lipinski definition) is 0. The van der Waals surface area contributed by atoms with E-state index in [-0.39, 0.29) is 5.91 Å². The fourth-order valence-corrected chi connectivity index (χ4v) is 3.66. The number of benzene rings is 2. The molecule has 0 spiro atoms. The molecule has 4 aromatic rings. The second-order valence-electron chi connectivity index (χ2n) is 6.84. The number of aromatic nitrogens is 3. The summed E-state index contributed by atoms with van der Waals surface area (Å²) in [5, 5.41) is 5.47. The van der Waals surface area contributed by atoms with Crippen molar-refractivity contribution in [1.29, 1.82) is 0 Å². The molecule has 0 saturated carbocycles. The lowest BCUT2D eigenvalue weighted by molar-refractivity contribution is 0.0766. The standard InChI is InChI=1S/C22H18N4O2/c1-28-19-5-2-15(3-6-19)13-25-14-16-10-18(4-7-20(16)22(25)27)26-21-8-9-23-11-17(21)12-24-26/h2-12H,13-14H2,1H3. The predicted octanol–water partition coefficient (Wildman–Crippen LogP) is 3.59. The van der Waals surface area contributed by atoms with Crippen molar-refractivity contribution in [3.63, 3.8) is 0 Å². The van der Waals surface area contributed by atoms with Crippen LogP contribution in [0.5, 0.6) is 5.75 Å². The zero-order valence-electron chi connectivity index (χ0n) is 15.4. The minimum Gasteiger partial charge on any atom is -0.497 e. The van der Waals surface area contributed by atoms with Gasteiger partial charge in [0.2, 0.25) is 0 Å². The number of carbonyl (C=O) groups excluding carboxylic acids is 1. The van der Waals surface area contributed by atoms with Crippen LogP contribution < -0.4 is 4.74 Å². The monoisotopic (exact) mass is 370 g/mol. The Bertz CT molecular complexity index is 1180. The van der Waals surface area contributed by atoms with Gasteiger partial charge in [-0.3, -0.25) is 9.78 Å². The molecular weight excluding hydrogens is 352 g/mol. The van der Waals surface area contributed by atoms with Crippen LogP contribution in [-0.2, 0) is 13.1 Å². The van der Waals surface area contributed by atoms with Gasteiger partial charge in [0.05, 0.1) is 24.5 Å². The molecule has 138 valence electrons. The number of amides is 1. The third-order valence-electron chi connectivity index (χ3n) is 5.11. The van der Waals surface area contributed by atoms with Gasteiger partial charge in [-0.1, -0.05) is 12.1 Å². The Hall–Kier alpha value is -3.67. The van der Waals surface area contributed by atoms with Crippen LogP contribution in [0.3, 0.4) is 0 Å². The predicted molar refractivity (Wildman–Crippen MR) is 105 cm³/mol.